The van der Waals surface area contributed by atoms with Gasteiger partial charge in [0, 0.05) is 52.9 Å². The molecule has 2 N–H and O–H groups in total. The van der Waals surface area contributed by atoms with Crippen LogP contribution in [-0.2, 0) is 9.47 Å². The van der Waals surface area contributed by atoms with Crippen LogP contribution in [0.2, 0.25) is 0 Å². The number of amides is 4. The van der Waals surface area contributed by atoms with Gasteiger partial charge >= 0.3 is 12.1 Å². The molecule has 0 aliphatic carbocycles. The van der Waals surface area contributed by atoms with Crippen LogP contribution in [0.3, 0.4) is 0 Å². The van der Waals surface area contributed by atoms with Crippen LogP contribution in [0.1, 0.15) is 44.1 Å². The zero-order valence-electron chi connectivity index (χ0n) is 19.6. The number of piperidine rings is 2. The summed E-state index contributed by atoms with van der Waals surface area (Å²) in [6, 6.07) is 9.72. The monoisotopic (exact) mass is 446 g/mol. The van der Waals surface area contributed by atoms with Crippen molar-refractivity contribution in [3.8, 4) is 0 Å². The Balaban J connectivity index is 1.59. The van der Waals surface area contributed by atoms with E-state index in [2.05, 4.69) is 29.7 Å². The molecular weight excluding hydrogens is 408 g/mol. The van der Waals surface area contributed by atoms with Gasteiger partial charge in [-0.05, 0) is 31.2 Å². The number of hydrogen-bond donors (Lipinski definition) is 2. The van der Waals surface area contributed by atoms with E-state index in [1.54, 1.807) is 14.2 Å². The molecule has 2 fully saturated rings. The van der Waals surface area contributed by atoms with Crippen molar-refractivity contribution in [2.75, 3.05) is 46.9 Å². The van der Waals surface area contributed by atoms with Gasteiger partial charge in [0.2, 0.25) is 0 Å². The summed E-state index contributed by atoms with van der Waals surface area (Å²) in [7, 11) is 3.44. The number of urea groups is 2. The zero-order valence-corrected chi connectivity index (χ0v) is 19.6. The summed E-state index contributed by atoms with van der Waals surface area (Å²) in [5.74, 6) is 0.0520. The average molecular weight is 447 g/mol. The van der Waals surface area contributed by atoms with Crippen molar-refractivity contribution in [3.63, 3.8) is 0 Å². The molecule has 3 rings (SSSR count). The Bertz CT molecular complexity index is 716. The van der Waals surface area contributed by atoms with E-state index < -0.39 is 0 Å². The topological polar surface area (TPSA) is 83.1 Å². The number of nitrogens with zero attached hydrogens (tertiary/aromatic N) is 2. The Morgan fingerprint density at radius 1 is 0.906 bits per heavy atom. The molecule has 2 atom stereocenters. The number of ether oxygens (including phenoxy) is 2. The van der Waals surface area contributed by atoms with Crippen molar-refractivity contribution in [3.05, 3.63) is 35.9 Å². The number of carbonyl (C=O) groups excluding carboxylic acids is 2. The first-order valence-corrected chi connectivity index (χ1v) is 11.7. The van der Waals surface area contributed by atoms with Crippen molar-refractivity contribution >= 4 is 12.1 Å². The van der Waals surface area contributed by atoms with Gasteiger partial charge in [-0.2, -0.15) is 0 Å². The number of likely N-dealkylation sites (tertiary alicyclic amines) is 2. The standard InChI is InChI=1S/C24H38N4O4/c1-18(19-7-5-4-6-8-19)22(26-24(30)28-15-11-21(32-3)12-16-28)17-25-23(29)27-13-9-20(31-2)10-14-27/h4-8,18,20-22H,9-17H2,1-3H3,(H,25,29)(H,26,30)/t18-,22-/m0/s1. The molecule has 0 aromatic heterocycles. The first-order valence-electron chi connectivity index (χ1n) is 11.7. The predicted octanol–water partition coefficient (Wildman–Crippen LogP) is 2.80. The highest BCUT2D eigenvalue weighted by molar-refractivity contribution is 5.76. The maximum Gasteiger partial charge on any atom is 0.317 e. The third-order valence-electron chi connectivity index (χ3n) is 6.84. The van der Waals surface area contributed by atoms with Crippen molar-refractivity contribution in [1.29, 1.82) is 0 Å². The van der Waals surface area contributed by atoms with Crippen molar-refractivity contribution < 1.29 is 19.1 Å². The number of rotatable bonds is 7. The Labute approximate surface area is 191 Å². The van der Waals surface area contributed by atoms with Crippen molar-refractivity contribution in [2.45, 2.75) is 56.8 Å². The fourth-order valence-electron chi connectivity index (χ4n) is 4.49. The molecule has 2 aliphatic heterocycles. The van der Waals surface area contributed by atoms with Gasteiger partial charge in [0.05, 0.1) is 18.2 Å². The number of methoxy groups -OCH3 is 2. The summed E-state index contributed by atoms with van der Waals surface area (Å²) in [5.41, 5.74) is 1.13. The second-order valence-corrected chi connectivity index (χ2v) is 8.79. The minimum atomic E-state index is -0.217. The van der Waals surface area contributed by atoms with Crippen molar-refractivity contribution in [1.82, 2.24) is 20.4 Å². The van der Waals surface area contributed by atoms with Crippen LogP contribution in [-0.4, -0.2) is 87.1 Å². The molecule has 2 saturated heterocycles. The van der Waals surface area contributed by atoms with E-state index >= 15 is 0 Å². The molecule has 0 unspecified atom stereocenters. The van der Waals surface area contributed by atoms with E-state index in [0.29, 0.717) is 32.7 Å². The minimum Gasteiger partial charge on any atom is -0.381 e. The molecule has 2 heterocycles. The van der Waals surface area contributed by atoms with E-state index in [1.807, 2.05) is 28.0 Å². The van der Waals surface area contributed by atoms with Crippen LogP contribution in [0.4, 0.5) is 9.59 Å². The summed E-state index contributed by atoms with van der Waals surface area (Å²) in [4.78, 5) is 29.4. The minimum absolute atomic E-state index is 0.0520. The fraction of sp³-hybridized carbons (Fsp3) is 0.667. The van der Waals surface area contributed by atoms with Gasteiger partial charge in [-0.25, -0.2) is 9.59 Å². The number of carbonyl (C=O) groups is 2. The molecule has 0 bridgehead atoms. The molecule has 0 spiro atoms. The third-order valence-corrected chi connectivity index (χ3v) is 6.84. The lowest BCUT2D eigenvalue weighted by molar-refractivity contribution is 0.0490. The van der Waals surface area contributed by atoms with Crippen LogP contribution in [0, 0.1) is 0 Å². The first-order chi connectivity index (χ1) is 15.5. The maximum absolute atomic E-state index is 13.0. The molecule has 0 saturated carbocycles. The van der Waals surface area contributed by atoms with Gasteiger partial charge in [0.1, 0.15) is 0 Å². The normalized spacial score (nSPS) is 20.0. The summed E-state index contributed by atoms with van der Waals surface area (Å²) in [6.45, 7) is 5.19. The Morgan fingerprint density at radius 2 is 1.41 bits per heavy atom. The van der Waals surface area contributed by atoms with Gasteiger partial charge in [0.15, 0.2) is 0 Å². The largest absolute Gasteiger partial charge is 0.381 e. The molecule has 8 heteroatoms. The maximum atomic E-state index is 13.0. The van der Waals surface area contributed by atoms with Crippen LogP contribution < -0.4 is 10.6 Å². The summed E-state index contributed by atoms with van der Waals surface area (Å²) in [5, 5.41) is 6.24. The van der Waals surface area contributed by atoms with Gasteiger partial charge < -0.3 is 29.9 Å². The lowest BCUT2D eigenvalue weighted by Gasteiger charge is -2.35. The summed E-state index contributed by atoms with van der Waals surface area (Å²) < 4.78 is 10.8. The highest BCUT2D eigenvalue weighted by Gasteiger charge is 2.28. The second kappa shape index (κ2) is 12.1. The van der Waals surface area contributed by atoms with E-state index in [4.69, 9.17) is 9.47 Å². The van der Waals surface area contributed by atoms with E-state index in [0.717, 1.165) is 31.2 Å². The van der Waals surface area contributed by atoms with Crippen LogP contribution in [0.15, 0.2) is 30.3 Å². The molecule has 0 radical (unpaired) electrons. The first kappa shape index (κ1) is 24.3. The zero-order chi connectivity index (χ0) is 22.9. The molecule has 8 nitrogen and oxygen atoms in total. The number of nitrogens with one attached hydrogen (secondary N) is 2. The van der Waals surface area contributed by atoms with Gasteiger partial charge in [-0.1, -0.05) is 37.3 Å². The molecule has 32 heavy (non-hydrogen) atoms. The summed E-state index contributed by atoms with van der Waals surface area (Å²) in [6.07, 6.45) is 3.84. The van der Waals surface area contributed by atoms with Gasteiger partial charge in [-0.15, -0.1) is 0 Å². The third kappa shape index (κ3) is 6.59. The van der Waals surface area contributed by atoms with E-state index in [1.165, 1.54) is 0 Å². The number of benzene rings is 1. The molecule has 2 aliphatic rings. The summed E-state index contributed by atoms with van der Waals surface area (Å²) >= 11 is 0. The molecular formula is C24H38N4O4. The SMILES string of the molecule is COC1CCN(C(=O)NC[C@H](NC(=O)N2CCC(OC)CC2)[C@@H](C)c2ccccc2)CC1. The molecule has 1 aromatic carbocycles. The highest BCUT2D eigenvalue weighted by Crippen LogP contribution is 2.20. The average Bonchev–Trinajstić information content (AvgIpc) is 2.86. The Kier molecular flexibility index (Phi) is 9.17. The fourth-order valence-corrected chi connectivity index (χ4v) is 4.49. The lowest BCUT2D eigenvalue weighted by atomic mass is 9.93. The van der Waals surface area contributed by atoms with Crippen LogP contribution >= 0.6 is 0 Å². The van der Waals surface area contributed by atoms with Crippen molar-refractivity contribution in [2.24, 2.45) is 0 Å². The smallest absolute Gasteiger partial charge is 0.317 e. The van der Waals surface area contributed by atoms with Crippen LogP contribution in [0.25, 0.3) is 0 Å². The quantitative estimate of drug-likeness (QED) is 0.675. The molecule has 4 amide bonds. The van der Waals surface area contributed by atoms with Gasteiger partial charge in [-0.3, -0.25) is 0 Å². The van der Waals surface area contributed by atoms with E-state index in [-0.39, 0.29) is 36.2 Å². The van der Waals surface area contributed by atoms with Crippen LogP contribution in [0.5, 0.6) is 0 Å². The molecule has 178 valence electrons. The Morgan fingerprint density at radius 3 is 1.91 bits per heavy atom. The molecule has 1 aromatic rings. The number of hydrogen-bond acceptors (Lipinski definition) is 4. The predicted molar refractivity (Wildman–Crippen MR) is 124 cm³/mol. The lowest BCUT2D eigenvalue weighted by Crippen LogP contribution is -2.54. The Hall–Kier alpha value is -2.32. The highest BCUT2D eigenvalue weighted by atomic mass is 16.5. The second-order valence-electron chi connectivity index (χ2n) is 8.79. The van der Waals surface area contributed by atoms with E-state index in [9.17, 15) is 9.59 Å². The van der Waals surface area contributed by atoms with Gasteiger partial charge in [0.25, 0.3) is 0 Å².